The smallest absolute Gasteiger partial charge is 0.154 e. The van der Waals surface area contributed by atoms with Crippen LogP contribution >= 0.6 is 0 Å². The van der Waals surface area contributed by atoms with E-state index in [0.717, 1.165) is 47.5 Å². The molecule has 1 aromatic heterocycles. The molecule has 5 heteroatoms. The van der Waals surface area contributed by atoms with E-state index in [2.05, 4.69) is 28.8 Å². The zero-order valence-electron chi connectivity index (χ0n) is 18.1. The van der Waals surface area contributed by atoms with E-state index >= 15 is 0 Å². The van der Waals surface area contributed by atoms with Gasteiger partial charge in [-0.15, -0.1) is 0 Å². The quantitative estimate of drug-likeness (QED) is 0.282. The summed E-state index contributed by atoms with van der Waals surface area (Å²) in [7, 11) is -3.08. The SMILES string of the molecule is O=S(=O)(CCCCCn1cnc(-c2ccccc2)c1-c1ccccc1)Cc1ccccc1. The molecule has 4 aromatic rings. The third-order valence-corrected chi connectivity index (χ3v) is 7.20. The highest BCUT2D eigenvalue weighted by molar-refractivity contribution is 7.90. The topological polar surface area (TPSA) is 52.0 Å². The summed E-state index contributed by atoms with van der Waals surface area (Å²) in [6, 6.07) is 29.9. The van der Waals surface area contributed by atoms with Gasteiger partial charge in [0.25, 0.3) is 0 Å². The molecule has 0 aliphatic rings. The first-order valence-electron chi connectivity index (χ1n) is 11.0. The van der Waals surface area contributed by atoms with Gasteiger partial charge in [0.15, 0.2) is 9.84 Å². The van der Waals surface area contributed by atoms with Crippen LogP contribution in [-0.2, 0) is 22.1 Å². The fraction of sp³-hybridized carbons (Fsp3) is 0.222. The van der Waals surface area contributed by atoms with Crippen molar-refractivity contribution in [2.24, 2.45) is 0 Å². The number of unbranched alkanes of at least 4 members (excludes halogenated alkanes) is 2. The van der Waals surface area contributed by atoms with Crippen LogP contribution in [0.2, 0.25) is 0 Å². The van der Waals surface area contributed by atoms with Crippen molar-refractivity contribution >= 4 is 9.84 Å². The molecule has 3 aromatic carbocycles. The second-order valence-electron chi connectivity index (χ2n) is 8.01. The molecule has 0 aliphatic carbocycles. The summed E-state index contributed by atoms with van der Waals surface area (Å²) in [5, 5.41) is 0. The van der Waals surface area contributed by atoms with Gasteiger partial charge in [-0.05, 0) is 18.4 Å². The Labute approximate surface area is 190 Å². The molecule has 164 valence electrons. The highest BCUT2D eigenvalue weighted by Gasteiger charge is 2.15. The normalized spacial score (nSPS) is 11.5. The van der Waals surface area contributed by atoms with Gasteiger partial charge in [0.2, 0.25) is 0 Å². The van der Waals surface area contributed by atoms with Crippen LogP contribution in [0.4, 0.5) is 0 Å². The Hall–Kier alpha value is -3.18. The predicted molar refractivity (Wildman–Crippen MR) is 131 cm³/mol. The number of aromatic nitrogens is 2. The number of aryl methyl sites for hydroxylation is 1. The number of sulfone groups is 1. The number of hydrogen-bond acceptors (Lipinski definition) is 3. The maximum absolute atomic E-state index is 12.4. The molecule has 0 atom stereocenters. The van der Waals surface area contributed by atoms with E-state index < -0.39 is 9.84 Å². The average molecular weight is 445 g/mol. The summed E-state index contributed by atoms with van der Waals surface area (Å²) in [6.07, 6.45) is 4.35. The highest BCUT2D eigenvalue weighted by Crippen LogP contribution is 2.31. The second kappa shape index (κ2) is 10.4. The second-order valence-corrected chi connectivity index (χ2v) is 10.2. The minimum absolute atomic E-state index is 0.119. The van der Waals surface area contributed by atoms with Crippen LogP contribution in [0.5, 0.6) is 0 Å². The van der Waals surface area contributed by atoms with Crippen molar-refractivity contribution in [1.29, 1.82) is 0 Å². The van der Waals surface area contributed by atoms with Gasteiger partial charge in [0.05, 0.1) is 29.2 Å². The molecule has 0 amide bonds. The molecule has 0 fully saturated rings. The van der Waals surface area contributed by atoms with E-state index in [0.29, 0.717) is 6.42 Å². The monoisotopic (exact) mass is 444 g/mol. The van der Waals surface area contributed by atoms with E-state index in [1.54, 1.807) is 0 Å². The van der Waals surface area contributed by atoms with Gasteiger partial charge < -0.3 is 4.57 Å². The van der Waals surface area contributed by atoms with Gasteiger partial charge in [-0.2, -0.15) is 0 Å². The third kappa shape index (κ3) is 5.74. The van der Waals surface area contributed by atoms with Crippen molar-refractivity contribution in [1.82, 2.24) is 9.55 Å². The fourth-order valence-electron chi connectivity index (χ4n) is 3.94. The number of benzene rings is 3. The molecule has 32 heavy (non-hydrogen) atoms. The highest BCUT2D eigenvalue weighted by atomic mass is 32.2. The maximum Gasteiger partial charge on any atom is 0.154 e. The summed E-state index contributed by atoms with van der Waals surface area (Å²) >= 11 is 0. The van der Waals surface area contributed by atoms with Crippen molar-refractivity contribution < 1.29 is 8.42 Å². The molecule has 4 nitrogen and oxygen atoms in total. The first-order valence-corrected chi connectivity index (χ1v) is 12.8. The Balaban J connectivity index is 1.39. The van der Waals surface area contributed by atoms with Gasteiger partial charge in [-0.3, -0.25) is 0 Å². The van der Waals surface area contributed by atoms with Gasteiger partial charge in [-0.1, -0.05) is 97.4 Å². The zero-order chi connectivity index (χ0) is 22.2. The van der Waals surface area contributed by atoms with E-state index in [9.17, 15) is 8.42 Å². The summed E-state index contributed by atoms with van der Waals surface area (Å²) in [5.74, 6) is 0.348. The lowest BCUT2D eigenvalue weighted by molar-refractivity contribution is 0.578. The van der Waals surface area contributed by atoms with Crippen molar-refractivity contribution in [3.8, 4) is 22.5 Å². The molecule has 0 saturated heterocycles. The van der Waals surface area contributed by atoms with E-state index in [1.807, 2.05) is 73.1 Å². The van der Waals surface area contributed by atoms with E-state index in [4.69, 9.17) is 4.98 Å². The minimum Gasteiger partial charge on any atom is -0.330 e. The van der Waals surface area contributed by atoms with Crippen LogP contribution in [0.15, 0.2) is 97.3 Å². The third-order valence-electron chi connectivity index (χ3n) is 5.52. The Morgan fingerprint density at radius 1 is 0.688 bits per heavy atom. The Morgan fingerprint density at radius 3 is 1.94 bits per heavy atom. The van der Waals surface area contributed by atoms with Crippen molar-refractivity contribution in [2.45, 2.75) is 31.6 Å². The molecule has 0 spiro atoms. The number of nitrogens with zero attached hydrogens (tertiary/aromatic N) is 2. The standard InChI is InChI=1S/C27H28N2O2S/c30-32(31,21-23-13-5-1-6-14-23)20-12-4-11-19-29-22-28-26(24-15-7-2-8-16-24)27(29)25-17-9-3-10-18-25/h1-3,5-10,13-18,22H,4,11-12,19-21H2. The predicted octanol–water partition coefficient (Wildman–Crippen LogP) is 6.00. The largest absolute Gasteiger partial charge is 0.330 e. The molecule has 4 rings (SSSR count). The van der Waals surface area contributed by atoms with E-state index in [-0.39, 0.29) is 11.5 Å². The lowest BCUT2D eigenvalue weighted by atomic mass is 10.0. The summed E-state index contributed by atoms with van der Waals surface area (Å²) in [5.41, 5.74) is 5.16. The molecule has 0 aliphatic heterocycles. The van der Waals surface area contributed by atoms with Crippen LogP contribution in [0.25, 0.3) is 22.5 Å². The molecule has 0 bridgehead atoms. The van der Waals surface area contributed by atoms with Gasteiger partial charge in [-0.25, -0.2) is 13.4 Å². The molecular weight excluding hydrogens is 416 g/mol. The number of rotatable bonds is 10. The van der Waals surface area contributed by atoms with Crippen LogP contribution in [0.3, 0.4) is 0 Å². The molecule has 1 heterocycles. The van der Waals surface area contributed by atoms with Crippen LogP contribution in [0.1, 0.15) is 24.8 Å². The fourth-order valence-corrected chi connectivity index (χ4v) is 5.43. The van der Waals surface area contributed by atoms with Crippen LogP contribution in [-0.4, -0.2) is 23.7 Å². The first kappa shape index (κ1) is 22.0. The first-order chi connectivity index (χ1) is 15.6. The average Bonchev–Trinajstić information content (AvgIpc) is 3.24. The molecule has 0 unspecified atom stereocenters. The van der Waals surface area contributed by atoms with Gasteiger partial charge in [0.1, 0.15) is 0 Å². The minimum atomic E-state index is -3.08. The summed E-state index contributed by atoms with van der Waals surface area (Å²) in [6.45, 7) is 0.808. The maximum atomic E-state index is 12.4. The zero-order valence-corrected chi connectivity index (χ0v) is 18.9. The van der Waals surface area contributed by atoms with Crippen molar-refractivity contribution in [2.75, 3.05) is 5.75 Å². The number of hydrogen-bond donors (Lipinski definition) is 0. The Bertz CT molecular complexity index is 1220. The van der Waals surface area contributed by atoms with Crippen LogP contribution < -0.4 is 0 Å². The lowest BCUT2D eigenvalue weighted by Crippen LogP contribution is -2.09. The molecule has 0 radical (unpaired) electrons. The lowest BCUT2D eigenvalue weighted by Gasteiger charge is -2.11. The van der Waals surface area contributed by atoms with E-state index in [1.165, 1.54) is 0 Å². The Kier molecular flexibility index (Phi) is 7.17. The number of imidazole rings is 1. The van der Waals surface area contributed by atoms with Crippen LogP contribution in [0, 0.1) is 0 Å². The van der Waals surface area contributed by atoms with Gasteiger partial charge >= 0.3 is 0 Å². The van der Waals surface area contributed by atoms with Crippen molar-refractivity contribution in [3.05, 3.63) is 103 Å². The van der Waals surface area contributed by atoms with Gasteiger partial charge in [0, 0.05) is 17.7 Å². The Morgan fingerprint density at radius 2 is 1.28 bits per heavy atom. The summed E-state index contributed by atoms with van der Waals surface area (Å²) < 4.78 is 27.0. The molecular formula is C27H28N2O2S. The molecule has 0 N–H and O–H groups in total. The van der Waals surface area contributed by atoms with Crippen molar-refractivity contribution in [3.63, 3.8) is 0 Å². The summed E-state index contributed by atoms with van der Waals surface area (Å²) in [4.78, 5) is 4.71. The molecule has 0 saturated carbocycles.